The van der Waals surface area contributed by atoms with Gasteiger partial charge in [0.15, 0.2) is 0 Å². The number of aromatic nitrogens is 2. The third-order valence-corrected chi connectivity index (χ3v) is 12.7. The summed E-state index contributed by atoms with van der Waals surface area (Å²) in [5.74, 6) is 1.25. The number of carbonyl (C=O) groups excluding carboxylic acids is 1. The first-order valence-electron chi connectivity index (χ1n) is 14.5. The van der Waals surface area contributed by atoms with Crippen LogP contribution < -0.4 is 20.8 Å². The zero-order chi connectivity index (χ0) is 31.0. The summed E-state index contributed by atoms with van der Waals surface area (Å²) in [6.45, 7) is 18.9. The van der Waals surface area contributed by atoms with Gasteiger partial charge in [0.25, 0.3) is 0 Å². The molecule has 1 amide bonds. The van der Waals surface area contributed by atoms with Crippen molar-refractivity contribution < 1.29 is 14.0 Å². The van der Waals surface area contributed by atoms with Crippen molar-refractivity contribution >= 4 is 53.1 Å². The average molecular weight is 658 g/mol. The highest BCUT2D eigenvalue weighted by Crippen LogP contribution is 2.38. The first kappa shape index (κ1) is 31.9. The highest BCUT2D eigenvalue weighted by Gasteiger charge is 2.39. The first-order valence-corrected chi connectivity index (χ1v) is 18.3. The number of halogens is 1. The van der Waals surface area contributed by atoms with Crippen molar-refractivity contribution in [3.63, 3.8) is 0 Å². The maximum absolute atomic E-state index is 12.2. The number of aliphatic imine (C=N–C) groups is 1. The van der Waals surface area contributed by atoms with Gasteiger partial charge in [-0.15, -0.1) is 0 Å². The van der Waals surface area contributed by atoms with Crippen molar-refractivity contribution in [2.45, 2.75) is 104 Å². The van der Waals surface area contributed by atoms with E-state index in [2.05, 4.69) is 78.5 Å². The molecule has 0 aliphatic heterocycles. The summed E-state index contributed by atoms with van der Waals surface area (Å²) >= 11 is 3.57. The number of benzene rings is 1. The van der Waals surface area contributed by atoms with Crippen LogP contribution >= 0.6 is 15.9 Å². The number of amides is 1. The van der Waals surface area contributed by atoms with E-state index < -0.39 is 20.0 Å². The molecule has 0 saturated heterocycles. The Hall–Kier alpha value is -3.05. The van der Waals surface area contributed by atoms with Crippen molar-refractivity contribution in [3.05, 3.63) is 52.3 Å². The molecule has 0 radical (unpaired) electrons. The van der Waals surface area contributed by atoms with Gasteiger partial charge in [-0.3, -0.25) is 0 Å². The Balaban J connectivity index is 1.58. The van der Waals surface area contributed by atoms with Gasteiger partial charge in [0.1, 0.15) is 17.2 Å². The van der Waals surface area contributed by atoms with Gasteiger partial charge in [-0.05, 0) is 104 Å². The molecule has 4 rings (SSSR count). The second-order valence-corrected chi connectivity index (χ2v) is 19.2. The molecule has 1 saturated carbocycles. The molecule has 3 aromatic rings. The maximum Gasteiger partial charge on any atom is 0.407 e. The number of rotatable bonds is 8. The van der Waals surface area contributed by atoms with Gasteiger partial charge in [0.05, 0.1) is 28.7 Å². The smallest absolute Gasteiger partial charge is 0.407 e. The van der Waals surface area contributed by atoms with Crippen molar-refractivity contribution in [3.8, 4) is 5.75 Å². The van der Waals surface area contributed by atoms with E-state index in [1.165, 1.54) is 0 Å². The van der Waals surface area contributed by atoms with Crippen molar-refractivity contribution in [2.75, 3.05) is 5.32 Å². The molecule has 0 bridgehead atoms. The molecule has 1 aliphatic carbocycles. The number of nitrogens with one attached hydrogen (secondary N) is 2. The molecule has 1 aliphatic rings. The molecule has 1 aromatic carbocycles. The van der Waals surface area contributed by atoms with Crippen LogP contribution in [0.5, 0.6) is 5.75 Å². The van der Waals surface area contributed by atoms with Crippen molar-refractivity contribution in [2.24, 2.45) is 10.7 Å². The predicted molar refractivity (Wildman–Crippen MR) is 177 cm³/mol. The Labute approximate surface area is 258 Å². The second-order valence-electron chi connectivity index (χ2n) is 13.6. The monoisotopic (exact) mass is 656 g/mol. The molecule has 4 N–H and O–H groups in total. The second kappa shape index (κ2) is 11.9. The van der Waals surface area contributed by atoms with E-state index in [0.717, 1.165) is 57.5 Å². The van der Waals surface area contributed by atoms with Crippen LogP contribution in [0.4, 0.5) is 16.2 Å². The summed E-state index contributed by atoms with van der Waals surface area (Å²) in [6, 6.07) is 8.26. The molecule has 0 atom stereocenters. The van der Waals surface area contributed by atoms with Gasteiger partial charge in [0.2, 0.25) is 8.32 Å². The summed E-state index contributed by atoms with van der Waals surface area (Å²) in [5.41, 5.74) is 10.5. The first-order chi connectivity index (χ1) is 19.5. The Morgan fingerprint density at radius 3 is 2.48 bits per heavy atom. The highest BCUT2D eigenvalue weighted by atomic mass is 79.9. The minimum atomic E-state index is -1.97. The van der Waals surface area contributed by atoms with Gasteiger partial charge in [-0.2, -0.15) is 5.10 Å². The van der Waals surface area contributed by atoms with Crippen molar-refractivity contribution in [1.29, 1.82) is 0 Å². The Morgan fingerprint density at radius 1 is 1.17 bits per heavy atom. The summed E-state index contributed by atoms with van der Waals surface area (Å²) in [4.78, 5) is 17.1. The van der Waals surface area contributed by atoms with Crippen molar-refractivity contribution in [1.82, 2.24) is 14.9 Å². The topological polar surface area (TPSA) is 115 Å². The fraction of sp³-hybridized carbons (Fsp3) is 0.516. The summed E-state index contributed by atoms with van der Waals surface area (Å²) in [6.07, 6.45) is 5.59. The third kappa shape index (κ3) is 7.47. The molecular formula is C31H45BrN6O3Si. The Morgan fingerprint density at radius 2 is 1.86 bits per heavy atom. The van der Waals surface area contributed by atoms with Crippen LogP contribution in [0, 0.1) is 0 Å². The Bertz CT molecular complexity index is 1480. The van der Waals surface area contributed by atoms with Crippen LogP contribution in [0.25, 0.3) is 5.52 Å². The minimum Gasteiger partial charge on any atom is -0.543 e. The number of carbonyl (C=O) groups is 1. The van der Waals surface area contributed by atoms with Crippen LogP contribution in [0.15, 0.2) is 46.1 Å². The predicted octanol–water partition coefficient (Wildman–Crippen LogP) is 7.55. The van der Waals surface area contributed by atoms with E-state index in [4.69, 9.17) is 19.9 Å². The van der Waals surface area contributed by atoms with Crippen LogP contribution in [-0.4, -0.2) is 47.5 Å². The number of ether oxygens (including phenoxy) is 1. The molecule has 2 heterocycles. The molecule has 1 fully saturated rings. The molecule has 228 valence electrons. The van der Waals surface area contributed by atoms with E-state index in [9.17, 15) is 4.79 Å². The largest absolute Gasteiger partial charge is 0.543 e. The summed E-state index contributed by atoms with van der Waals surface area (Å²) in [7, 11) is -1.97. The quantitative estimate of drug-likeness (QED) is 0.131. The van der Waals surface area contributed by atoms with Gasteiger partial charge < -0.3 is 25.5 Å². The number of amidine groups is 1. The molecule has 42 heavy (non-hydrogen) atoms. The third-order valence-electron chi connectivity index (χ3n) is 7.94. The van der Waals surface area contributed by atoms with E-state index in [-0.39, 0.29) is 17.1 Å². The normalized spacial score (nSPS) is 18.0. The number of nitrogens with zero attached hydrogens (tertiary/aromatic N) is 3. The lowest BCUT2D eigenvalue weighted by Gasteiger charge is -2.37. The maximum atomic E-state index is 12.2. The lowest BCUT2D eigenvalue weighted by Crippen LogP contribution is -2.51. The minimum absolute atomic E-state index is 0.0439. The van der Waals surface area contributed by atoms with Crippen LogP contribution in [0.2, 0.25) is 18.1 Å². The SMILES string of the molecule is CCc1cc(O[Si](C)(C)C(C)(C)C)ccc1/N=C(\N)c1cnn2cc(Br)cc2c1N[C@H]1C[C@@H](NC(=O)OC(C)(C)C)C1. The Kier molecular flexibility index (Phi) is 9.04. The average Bonchev–Trinajstić information content (AvgIpc) is 3.22. The number of aryl methyl sites for hydroxylation is 1. The van der Waals surface area contributed by atoms with Gasteiger partial charge in [-0.25, -0.2) is 14.3 Å². The van der Waals surface area contributed by atoms with Gasteiger partial charge in [0, 0.05) is 22.8 Å². The number of anilines is 1. The number of fused-ring (bicyclic) bond motifs is 1. The lowest BCUT2D eigenvalue weighted by atomic mass is 9.86. The molecule has 0 spiro atoms. The zero-order valence-corrected chi connectivity index (χ0v) is 28.8. The van der Waals surface area contributed by atoms with Gasteiger partial charge in [-0.1, -0.05) is 27.7 Å². The summed E-state index contributed by atoms with van der Waals surface area (Å²) < 4.78 is 14.7. The number of hydrogen-bond donors (Lipinski definition) is 3. The molecule has 0 unspecified atom stereocenters. The van der Waals surface area contributed by atoms with Crippen LogP contribution in [-0.2, 0) is 11.2 Å². The lowest BCUT2D eigenvalue weighted by molar-refractivity contribution is 0.0475. The molecule has 9 nitrogen and oxygen atoms in total. The van der Waals surface area contributed by atoms with E-state index in [1.54, 1.807) is 6.20 Å². The fourth-order valence-electron chi connectivity index (χ4n) is 4.56. The highest BCUT2D eigenvalue weighted by molar-refractivity contribution is 9.10. The van der Waals surface area contributed by atoms with E-state index in [0.29, 0.717) is 5.84 Å². The van der Waals surface area contributed by atoms with E-state index >= 15 is 0 Å². The van der Waals surface area contributed by atoms with Crippen LogP contribution in [0.3, 0.4) is 0 Å². The molecule has 11 heteroatoms. The standard InChI is InChI=1S/C31H45BrN6O3Si/c1-10-19-13-23(41-42(8,9)31(5,6)7)11-12-25(19)37-28(33)24-17-34-38-18-20(32)14-26(38)27(24)35-21-15-22(16-21)36-29(39)40-30(2,3)4/h11-14,17-18,21-22,35H,10,15-16H2,1-9H3,(H2,33,37)(H,36,39)/t21-,22+. The number of hydrogen-bond acceptors (Lipinski definition) is 6. The van der Waals surface area contributed by atoms with Crippen LogP contribution in [0.1, 0.15) is 72.4 Å². The van der Waals surface area contributed by atoms with E-state index in [1.807, 2.05) is 49.7 Å². The molecule has 2 aromatic heterocycles. The van der Waals surface area contributed by atoms with Gasteiger partial charge >= 0.3 is 6.09 Å². The molecular weight excluding hydrogens is 612 g/mol. The number of alkyl carbamates (subject to hydrolysis) is 1. The zero-order valence-electron chi connectivity index (χ0n) is 26.3. The number of nitrogens with two attached hydrogens (primary N) is 1. The fourth-order valence-corrected chi connectivity index (χ4v) is 5.99. The summed E-state index contributed by atoms with van der Waals surface area (Å²) in [5, 5.41) is 11.3.